The first-order chi connectivity index (χ1) is 15.5. The fraction of sp³-hybridized carbons (Fsp3) is 0.0800. The first-order valence-corrected chi connectivity index (χ1v) is 10.7. The normalized spacial score (nSPS) is 11.2. The Kier molecular flexibility index (Phi) is 6.69. The molecule has 1 N–H and O–H groups in total. The SMILES string of the molecule is O=C(/C=C/c1ccc(Cl)cc1Cl)N(Cc1ccccc1)Cc1nc2ccccc2c(=O)[nH]1. The summed E-state index contributed by atoms with van der Waals surface area (Å²) in [6.45, 7) is 0.501. The number of hydrogen-bond acceptors (Lipinski definition) is 3. The third-order valence-electron chi connectivity index (χ3n) is 4.90. The zero-order valence-electron chi connectivity index (χ0n) is 17.0. The lowest BCUT2D eigenvalue weighted by atomic mass is 10.2. The van der Waals surface area contributed by atoms with E-state index in [2.05, 4.69) is 9.97 Å². The van der Waals surface area contributed by atoms with Crippen LogP contribution in [0.4, 0.5) is 0 Å². The Balaban J connectivity index is 1.63. The number of carbonyl (C=O) groups excluding carboxylic acids is 1. The van der Waals surface area contributed by atoms with Crippen molar-refractivity contribution in [3.05, 3.63) is 116 Å². The number of nitrogens with zero attached hydrogens (tertiary/aromatic N) is 2. The number of carbonyl (C=O) groups is 1. The number of benzene rings is 3. The molecular weight excluding hydrogens is 445 g/mol. The van der Waals surface area contributed by atoms with Crippen LogP contribution in [-0.4, -0.2) is 20.8 Å². The van der Waals surface area contributed by atoms with Gasteiger partial charge in [0, 0.05) is 22.7 Å². The summed E-state index contributed by atoms with van der Waals surface area (Å²) in [5.41, 5.74) is 1.99. The van der Waals surface area contributed by atoms with E-state index in [1.54, 1.807) is 47.4 Å². The summed E-state index contributed by atoms with van der Waals surface area (Å²) in [5, 5.41) is 1.49. The van der Waals surface area contributed by atoms with Gasteiger partial charge in [-0.25, -0.2) is 4.98 Å². The highest BCUT2D eigenvalue weighted by atomic mass is 35.5. The molecule has 1 heterocycles. The van der Waals surface area contributed by atoms with Crippen molar-refractivity contribution < 1.29 is 4.79 Å². The molecule has 0 saturated carbocycles. The Labute approximate surface area is 194 Å². The summed E-state index contributed by atoms with van der Waals surface area (Å²) < 4.78 is 0. The summed E-state index contributed by atoms with van der Waals surface area (Å²) >= 11 is 12.2. The Hall–Kier alpha value is -3.41. The molecule has 1 amide bonds. The fourth-order valence-electron chi connectivity index (χ4n) is 3.31. The van der Waals surface area contributed by atoms with E-state index in [4.69, 9.17) is 23.2 Å². The van der Waals surface area contributed by atoms with Crippen LogP contribution in [0.5, 0.6) is 0 Å². The van der Waals surface area contributed by atoms with Crippen LogP contribution >= 0.6 is 23.2 Å². The van der Waals surface area contributed by atoms with E-state index in [1.807, 2.05) is 36.4 Å². The van der Waals surface area contributed by atoms with Crippen molar-refractivity contribution in [1.82, 2.24) is 14.9 Å². The third kappa shape index (κ3) is 5.25. The molecule has 32 heavy (non-hydrogen) atoms. The van der Waals surface area contributed by atoms with Gasteiger partial charge in [0.05, 0.1) is 17.4 Å². The van der Waals surface area contributed by atoms with Crippen LogP contribution in [0.25, 0.3) is 17.0 Å². The van der Waals surface area contributed by atoms with Crippen LogP contribution in [0, 0.1) is 0 Å². The minimum atomic E-state index is -0.240. The van der Waals surface area contributed by atoms with Crippen molar-refractivity contribution in [3.63, 3.8) is 0 Å². The number of rotatable bonds is 6. The van der Waals surface area contributed by atoms with Crippen LogP contribution in [0.1, 0.15) is 17.0 Å². The number of aromatic amines is 1. The van der Waals surface area contributed by atoms with E-state index in [-0.39, 0.29) is 18.0 Å². The van der Waals surface area contributed by atoms with E-state index in [9.17, 15) is 9.59 Å². The number of halogens is 2. The molecule has 3 aromatic carbocycles. The third-order valence-corrected chi connectivity index (χ3v) is 5.46. The second-order valence-electron chi connectivity index (χ2n) is 7.21. The Morgan fingerprint density at radius 2 is 1.72 bits per heavy atom. The molecule has 4 rings (SSSR count). The van der Waals surface area contributed by atoms with Gasteiger partial charge in [0.2, 0.25) is 5.91 Å². The minimum Gasteiger partial charge on any atom is -0.327 e. The van der Waals surface area contributed by atoms with Crippen LogP contribution in [-0.2, 0) is 17.9 Å². The number of H-pyrrole nitrogens is 1. The zero-order valence-corrected chi connectivity index (χ0v) is 18.5. The second kappa shape index (κ2) is 9.81. The van der Waals surface area contributed by atoms with E-state index < -0.39 is 0 Å². The summed E-state index contributed by atoms with van der Waals surface area (Å²) in [7, 11) is 0. The molecule has 0 aliphatic carbocycles. The standard InChI is InChI=1S/C25H19Cl2N3O2/c26-19-12-10-18(21(27)14-19)11-13-24(31)30(15-17-6-2-1-3-7-17)16-23-28-22-9-5-4-8-20(22)25(32)29-23/h1-14H,15-16H2,(H,28,29,32)/b13-11+. The van der Waals surface area contributed by atoms with E-state index in [1.165, 1.54) is 6.08 Å². The largest absolute Gasteiger partial charge is 0.327 e. The van der Waals surface area contributed by atoms with Crippen molar-refractivity contribution in [2.24, 2.45) is 0 Å². The van der Waals surface area contributed by atoms with Crippen LogP contribution in [0.2, 0.25) is 10.0 Å². The Bertz CT molecular complexity index is 1350. The van der Waals surface area contributed by atoms with Crippen LogP contribution in [0.3, 0.4) is 0 Å². The number of fused-ring (bicyclic) bond motifs is 1. The molecule has 0 radical (unpaired) electrons. The molecule has 0 bridgehead atoms. The second-order valence-corrected chi connectivity index (χ2v) is 8.05. The van der Waals surface area contributed by atoms with Gasteiger partial charge in [-0.15, -0.1) is 0 Å². The maximum Gasteiger partial charge on any atom is 0.258 e. The smallest absolute Gasteiger partial charge is 0.258 e. The van der Waals surface area contributed by atoms with Gasteiger partial charge in [0.1, 0.15) is 5.82 Å². The topological polar surface area (TPSA) is 66.1 Å². The van der Waals surface area contributed by atoms with E-state index >= 15 is 0 Å². The predicted molar refractivity (Wildman–Crippen MR) is 129 cm³/mol. The Morgan fingerprint density at radius 1 is 0.969 bits per heavy atom. The highest BCUT2D eigenvalue weighted by Crippen LogP contribution is 2.22. The monoisotopic (exact) mass is 463 g/mol. The van der Waals surface area contributed by atoms with Crippen molar-refractivity contribution in [1.29, 1.82) is 0 Å². The maximum atomic E-state index is 13.1. The summed E-state index contributed by atoms with van der Waals surface area (Å²) in [4.78, 5) is 34.5. The predicted octanol–water partition coefficient (Wildman–Crippen LogP) is 5.47. The quantitative estimate of drug-likeness (QED) is 0.385. The number of amides is 1. The molecule has 0 saturated heterocycles. The van der Waals surface area contributed by atoms with Gasteiger partial charge in [-0.1, -0.05) is 71.7 Å². The summed E-state index contributed by atoms with van der Waals surface area (Å²) in [6.07, 6.45) is 3.10. The number of nitrogens with one attached hydrogen (secondary N) is 1. The van der Waals surface area contributed by atoms with Gasteiger partial charge >= 0.3 is 0 Å². The number of aromatic nitrogens is 2. The van der Waals surface area contributed by atoms with Gasteiger partial charge < -0.3 is 9.88 Å². The first kappa shape index (κ1) is 21.8. The molecule has 0 aliphatic heterocycles. The molecule has 0 atom stereocenters. The lowest BCUT2D eigenvalue weighted by Gasteiger charge is -2.21. The molecule has 7 heteroatoms. The van der Waals surface area contributed by atoms with Crippen molar-refractivity contribution in [3.8, 4) is 0 Å². The lowest BCUT2D eigenvalue weighted by Crippen LogP contribution is -2.30. The molecule has 160 valence electrons. The lowest BCUT2D eigenvalue weighted by molar-refractivity contribution is -0.127. The maximum absolute atomic E-state index is 13.1. The molecule has 0 aliphatic rings. The number of para-hydroxylation sites is 1. The highest BCUT2D eigenvalue weighted by molar-refractivity contribution is 6.35. The molecular formula is C25H19Cl2N3O2. The van der Waals surface area contributed by atoms with Crippen molar-refractivity contribution in [2.45, 2.75) is 13.1 Å². The van der Waals surface area contributed by atoms with E-state index in [0.717, 1.165) is 5.56 Å². The fourth-order valence-corrected chi connectivity index (χ4v) is 3.78. The van der Waals surface area contributed by atoms with Gasteiger partial charge in [-0.05, 0) is 41.5 Å². The average molecular weight is 464 g/mol. The average Bonchev–Trinajstić information content (AvgIpc) is 2.78. The van der Waals surface area contributed by atoms with E-state index in [0.29, 0.717) is 38.9 Å². The van der Waals surface area contributed by atoms with Crippen LogP contribution in [0.15, 0.2) is 83.7 Å². The highest BCUT2D eigenvalue weighted by Gasteiger charge is 2.15. The molecule has 0 spiro atoms. The van der Waals surface area contributed by atoms with Gasteiger partial charge in [-0.2, -0.15) is 0 Å². The molecule has 4 aromatic rings. The Morgan fingerprint density at radius 3 is 2.50 bits per heavy atom. The van der Waals surface area contributed by atoms with Gasteiger partial charge in [0.15, 0.2) is 0 Å². The molecule has 5 nitrogen and oxygen atoms in total. The molecule has 1 aromatic heterocycles. The van der Waals surface area contributed by atoms with Crippen molar-refractivity contribution >= 4 is 46.1 Å². The summed E-state index contributed by atoms with van der Waals surface area (Å²) in [6, 6.07) is 21.8. The summed E-state index contributed by atoms with van der Waals surface area (Å²) in [5.74, 6) is 0.173. The molecule has 0 unspecified atom stereocenters. The first-order valence-electron chi connectivity index (χ1n) is 9.93. The van der Waals surface area contributed by atoms with Gasteiger partial charge in [0.25, 0.3) is 5.56 Å². The number of hydrogen-bond donors (Lipinski definition) is 1. The van der Waals surface area contributed by atoms with Crippen molar-refractivity contribution in [2.75, 3.05) is 0 Å². The van der Waals surface area contributed by atoms with Crippen LogP contribution < -0.4 is 5.56 Å². The minimum absolute atomic E-state index is 0.145. The zero-order chi connectivity index (χ0) is 22.5. The molecule has 0 fully saturated rings. The van der Waals surface area contributed by atoms with Gasteiger partial charge in [-0.3, -0.25) is 9.59 Å².